The summed E-state index contributed by atoms with van der Waals surface area (Å²) >= 11 is 0. The molecule has 3 aromatic rings. The highest BCUT2D eigenvalue weighted by Crippen LogP contribution is 2.32. The molecule has 1 aromatic heterocycles. The first-order valence-electron chi connectivity index (χ1n) is 11.8. The molecule has 2 saturated heterocycles. The van der Waals surface area contributed by atoms with E-state index in [2.05, 4.69) is 10.1 Å². The van der Waals surface area contributed by atoms with Crippen molar-refractivity contribution in [3.8, 4) is 11.5 Å². The van der Waals surface area contributed by atoms with Gasteiger partial charge in [-0.15, -0.1) is 0 Å². The second-order valence-electron chi connectivity index (χ2n) is 8.84. The molecule has 0 N–H and O–H groups in total. The molecule has 35 heavy (non-hydrogen) atoms. The molecule has 5 rings (SSSR count). The van der Waals surface area contributed by atoms with Crippen molar-refractivity contribution in [2.45, 2.75) is 25.0 Å². The number of rotatable bonds is 6. The van der Waals surface area contributed by atoms with Crippen LogP contribution in [0.3, 0.4) is 0 Å². The number of likely N-dealkylation sites (N-methyl/N-ethyl adjacent to an activating group) is 1. The average molecular weight is 477 g/mol. The van der Waals surface area contributed by atoms with Crippen molar-refractivity contribution >= 4 is 11.8 Å². The van der Waals surface area contributed by atoms with Crippen LogP contribution in [0.1, 0.15) is 39.4 Å². The van der Waals surface area contributed by atoms with Crippen LogP contribution in [-0.4, -0.2) is 77.4 Å². The maximum atomic E-state index is 12.9. The van der Waals surface area contributed by atoms with Crippen LogP contribution >= 0.6 is 0 Å². The van der Waals surface area contributed by atoms with Gasteiger partial charge in [0.05, 0.1) is 13.2 Å². The number of ether oxygens (including phenoxy) is 2. The third-order valence-electron chi connectivity index (χ3n) is 6.51. The first-order valence-corrected chi connectivity index (χ1v) is 11.8. The monoisotopic (exact) mass is 476 g/mol. The lowest BCUT2D eigenvalue weighted by molar-refractivity contribution is -0.181. The molecule has 0 saturated carbocycles. The lowest BCUT2D eigenvalue weighted by atomic mass is 10.0. The lowest BCUT2D eigenvalue weighted by Gasteiger charge is -2.37. The summed E-state index contributed by atoms with van der Waals surface area (Å²) in [6, 6.07) is 16.3. The summed E-state index contributed by atoms with van der Waals surface area (Å²) in [5.74, 6) is 0.335. The molecule has 2 aliphatic heterocycles. The Morgan fingerprint density at radius 1 is 0.971 bits per heavy atom. The smallest absolute Gasteiger partial charge is 0.257 e. The topological polar surface area (TPSA) is 98.0 Å². The minimum Gasteiger partial charge on any atom is -0.347 e. The molecule has 2 fully saturated rings. The van der Waals surface area contributed by atoms with Gasteiger partial charge >= 0.3 is 0 Å². The number of aromatic nitrogens is 2. The zero-order valence-corrected chi connectivity index (χ0v) is 19.7. The minimum absolute atomic E-state index is 0.0123. The van der Waals surface area contributed by atoms with Crippen LogP contribution in [0.4, 0.5) is 0 Å². The van der Waals surface area contributed by atoms with Crippen LogP contribution in [0.25, 0.3) is 11.5 Å². The molecular weight excluding hydrogens is 448 g/mol. The predicted octanol–water partition coefficient (Wildman–Crippen LogP) is 3.03. The predicted molar refractivity (Wildman–Crippen MR) is 127 cm³/mol. The van der Waals surface area contributed by atoms with E-state index in [1.807, 2.05) is 35.2 Å². The molecule has 2 aliphatic rings. The summed E-state index contributed by atoms with van der Waals surface area (Å²) in [5.41, 5.74) is 1.99. The van der Waals surface area contributed by atoms with E-state index in [9.17, 15) is 9.59 Å². The summed E-state index contributed by atoms with van der Waals surface area (Å²) in [5, 5.41) is 4.04. The molecule has 182 valence electrons. The van der Waals surface area contributed by atoms with Crippen LogP contribution in [0.5, 0.6) is 0 Å². The normalized spacial score (nSPS) is 17.0. The van der Waals surface area contributed by atoms with Gasteiger partial charge in [0, 0.05) is 62.6 Å². The maximum absolute atomic E-state index is 12.9. The minimum atomic E-state index is -0.500. The third-order valence-corrected chi connectivity index (χ3v) is 6.51. The largest absolute Gasteiger partial charge is 0.347 e. The first-order chi connectivity index (χ1) is 17.0. The fraction of sp³-hybridized carbons (Fsp3) is 0.385. The molecule has 1 spiro atoms. The fourth-order valence-electron chi connectivity index (χ4n) is 4.42. The Bertz CT molecular complexity index is 1160. The van der Waals surface area contributed by atoms with Gasteiger partial charge in [-0.05, 0) is 36.4 Å². The summed E-state index contributed by atoms with van der Waals surface area (Å²) in [6.07, 6.45) is 1.85. The number of hydrogen-bond acceptors (Lipinski definition) is 7. The average Bonchev–Trinajstić information content (AvgIpc) is 3.58. The number of likely N-dealkylation sites (tertiary alicyclic amines) is 1. The number of amides is 2. The van der Waals surface area contributed by atoms with Crippen molar-refractivity contribution in [3.63, 3.8) is 0 Å². The Morgan fingerprint density at radius 2 is 1.66 bits per heavy atom. The van der Waals surface area contributed by atoms with Crippen LogP contribution in [0.15, 0.2) is 59.1 Å². The highest BCUT2D eigenvalue weighted by molar-refractivity contribution is 5.95. The Morgan fingerprint density at radius 3 is 2.34 bits per heavy atom. The lowest BCUT2D eigenvalue weighted by Crippen LogP contribution is -2.47. The number of carbonyl (C=O) groups is 2. The second-order valence-corrected chi connectivity index (χ2v) is 8.84. The van der Waals surface area contributed by atoms with Crippen LogP contribution in [-0.2, 0) is 15.9 Å². The van der Waals surface area contributed by atoms with Crippen molar-refractivity contribution in [1.29, 1.82) is 0 Å². The Labute approximate surface area is 203 Å². The summed E-state index contributed by atoms with van der Waals surface area (Å²) < 4.78 is 16.9. The van der Waals surface area contributed by atoms with Gasteiger partial charge in [0.1, 0.15) is 0 Å². The SMILES string of the molecule is CN(CCc1noc(-c2ccc(C(=O)N3CCC4(CC3)OCCO4)cc2)n1)C(=O)c1ccccc1. The number of nitrogens with zero attached hydrogens (tertiary/aromatic N) is 4. The van der Waals surface area contributed by atoms with Crippen LogP contribution in [0.2, 0.25) is 0 Å². The molecule has 0 aliphatic carbocycles. The van der Waals surface area contributed by atoms with Crippen molar-refractivity contribution in [2.75, 3.05) is 39.9 Å². The highest BCUT2D eigenvalue weighted by atomic mass is 16.7. The van der Waals surface area contributed by atoms with Crippen molar-refractivity contribution in [2.24, 2.45) is 0 Å². The van der Waals surface area contributed by atoms with Gasteiger partial charge in [-0.2, -0.15) is 4.98 Å². The van der Waals surface area contributed by atoms with E-state index >= 15 is 0 Å². The Kier molecular flexibility index (Phi) is 6.61. The van der Waals surface area contributed by atoms with E-state index in [1.54, 1.807) is 36.2 Å². The fourth-order valence-corrected chi connectivity index (χ4v) is 4.42. The zero-order chi connectivity index (χ0) is 24.3. The van der Waals surface area contributed by atoms with Crippen molar-refractivity contribution in [1.82, 2.24) is 19.9 Å². The van der Waals surface area contributed by atoms with E-state index in [1.165, 1.54) is 0 Å². The maximum Gasteiger partial charge on any atom is 0.257 e. The Hall–Kier alpha value is -3.56. The van der Waals surface area contributed by atoms with E-state index in [-0.39, 0.29) is 11.8 Å². The van der Waals surface area contributed by atoms with Crippen LogP contribution in [0, 0.1) is 0 Å². The van der Waals surface area contributed by atoms with E-state index in [0.29, 0.717) is 75.0 Å². The van der Waals surface area contributed by atoms with E-state index in [4.69, 9.17) is 14.0 Å². The van der Waals surface area contributed by atoms with Gasteiger partial charge in [-0.3, -0.25) is 9.59 Å². The third kappa shape index (κ3) is 5.11. The zero-order valence-electron chi connectivity index (χ0n) is 19.7. The van der Waals surface area contributed by atoms with Gasteiger partial charge in [-0.1, -0.05) is 23.4 Å². The second kappa shape index (κ2) is 9.97. The quantitative estimate of drug-likeness (QED) is 0.539. The summed E-state index contributed by atoms with van der Waals surface area (Å²) in [6.45, 7) is 2.92. The van der Waals surface area contributed by atoms with Gasteiger partial charge < -0.3 is 23.8 Å². The summed E-state index contributed by atoms with van der Waals surface area (Å²) in [4.78, 5) is 33.3. The number of carbonyl (C=O) groups excluding carboxylic acids is 2. The highest BCUT2D eigenvalue weighted by Gasteiger charge is 2.40. The molecule has 0 atom stereocenters. The molecular formula is C26H28N4O5. The number of benzene rings is 2. The van der Waals surface area contributed by atoms with Gasteiger partial charge in [0.2, 0.25) is 0 Å². The Balaban J connectivity index is 1.15. The molecule has 9 nitrogen and oxygen atoms in total. The molecule has 0 bridgehead atoms. The number of hydrogen-bond donors (Lipinski definition) is 0. The molecule has 2 aromatic carbocycles. The van der Waals surface area contributed by atoms with Gasteiger partial charge in [0.15, 0.2) is 11.6 Å². The first kappa shape index (κ1) is 23.2. The van der Waals surface area contributed by atoms with E-state index in [0.717, 1.165) is 5.56 Å². The summed E-state index contributed by atoms with van der Waals surface area (Å²) in [7, 11) is 1.75. The molecule has 3 heterocycles. The molecule has 0 unspecified atom stereocenters. The van der Waals surface area contributed by atoms with Gasteiger partial charge in [-0.25, -0.2) is 0 Å². The van der Waals surface area contributed by atoms with Gasteiger partial charge in [0.25, 0.3) is 17.7 Å². The molecule has 2 amide bonds. The van der Waals surface area contributed by atoms with Crippen LogP contribution < -0.4 is 0 Å². The number of piperidine rings is 1. The molecule has 0 radical (unpaired) electrons. The van der Waals surface area contributed by atoms with Crippen molar-refractivity contribution in [3.05, 3.63) is 71.5 Å². The standard InChI is InChI=1S/C26H28N4O5/c1-29(24(31)20-5-3-2-4-6-20)14-11-22-27-23(35-28-22)19-7-9-21(10-8-19)25(32)30-15-12-26(13-16-30)33-17-18-34-26/h2-10H,11-18H2,1H3. The molecule has 9 heteroatoms. The van der Waals surface area contributed by atoms with E-state index < -0.39 is 5.79 Å². The van der Waals surface area contributed by atoms with Crippen molar-refractivity contribution < 1.29 is 23.6 Å².